The smallest absolute Gasteiger partial charge is 0.265 e. The molecule has 1 saturated heterocycles. The van der Waals surface area contributed by atoms with Gasteiger partial charge in [-0.2, -0.15) is 0 Å². The molecule has 0 saturated carbocycles. The van der Waals surface area contributed by atoms with Gasteiger partial charge in [0.15, 0.2) is 11.1 Å². The van der Waals surface area contributed by atoms with Gasteiger partial charge in [-0.25, -0.2) is 4.98 Å². The summed E-state index contributed by atoms with van der Waals surface area (Å²) < 4.78 is 7.72. The van der Waals surface area contributed by atoms with Gasteiger partial charge in [-0.05, 0) is 38.3 Å². The van der Waals surface area contributed by atoms with Gasteiger partial charge in [0.25, 0.3) is 11.5 Å². The summed E-state index contributed by atoms with van der Waals surface area (Å²) in [7, 11) is 0. The van der Waals surface area contributed by atoms with Crippen molar-refractivity contribution >= 4 is 27.9 Å². The largest absolute Gasteiger partial charge is 0.477 e. The minimum absolute atomic E-state index is 0.0477. The predicted octanol–water partition coefficient (Wildman–Crippen LogP) is 2.84. The number of carbonyl (C=O) groups is 1. The number of para-hydroxylation sites is 2. The number of amides is 1. The van der Waals surface area contributed by atoms with Crippen molar-refractivity contribution in [2.75, 3.05) is 24.5 Å². The standard InChI is InChI=1S/C22H24N4O3S/c1-15-14-30-22-23-16(11-20(27)26(15)22)12-25-13-19(21(28)24-9-5-2-6-10-24)29-18-8-4-3-7-17(18)25/h3-4,7-8,11,14,19H,2,5-6,9-10,12-13H2,1H3. The zero-order valence-corrected chi connectivity index (χ0v) is 17.7. The van der Waals surface area contributed by atoms with E-state index in [2.05, 4.69) is 9.88 Å². The SMILES string of the molecule is Cc1csc2nc(CN3CC(C(=O)N4CCCCC4)Oc4ccccc43)cc(=O)n12. The minimum atomic E-state index is -0.549. The van der Waals surface area contributed by atoms with E-state index in [4.69, 9.17) is 4.74 Å². The Labute approximate surface area is 178 Å². The van der Waals surface area contributed by atoms with Gasteiger partial charge in [-0.15, -0.1) is 11.3 Å². The molecule has 0 spiro atoms. The van der Waals surface area contributed by atoms with Crippen LogP contribution in [-0.2, 0) is 11.3 Å². The van der Waals surface area contributed by atoms with Crippen molar-refractivity contribution in [2.45, 2.75) is 38.8 Å². The maximum absolute atomic E-state index is 13.1. The molecule has 7 nitrogen and oxygen atoms in total. The minimum Gasteiger partial charge on any atom is -0.477 e. The molecule has 0 radical (unpaired) electrons. The Kier molecular flexibility index (Phi) is 4.94. The van der Waals surface area contributed by atoms with Crippen molar-refractivity contribution < 1.29 is 9.53 Å². The average Bonchev–Trinajstić information content (AvgIpc) is 3.15. The lowest BCUT2D eigenvalue weighted by molar-refractivity contribution is -0.139. The highest BCUT2D eigenvalue weighted by atomic mass is 32.1. The number of carbonyl (C=O) groups excluding carboxylic acids is 1. The number of ether oxygens (including phenoxy) is 1. The van der Waals surface area contributed by atoms with Gasteiger partial charge in [-0.3, -0.25) is 14.0 Å². The van der Waals surface area contributed by atoms with Crippen LogP contribution < -0.4 is 15.2 Å². The van der Waals surface area contributed by atoms with Crippen molar-refractivity contribution in [2.24, 2.45) is 0 Å². The first kappa shape index (κ1) is 19.1. The molecule has 2 aromatic heterocycles. The van der Waals surface area contributed by atoms with E-state index < -0.39 is 6.10 Å². The fourth-order valence-electron chi connectivity index (χ4n) is 4.28. The molecule has 4 heterocycles. The topological polar surface area (TPSA) is 67.2 Å². The van der Waals surface area contributed by atoms with E-state index in [1.54, 1.807) is 10.5 Å². The third kappa shape index (κ3) is 3.45. The molecule has 2 aliphatic heterocycles. The highest BCUT2D eigenvalue weighted by Gasteiger charge is 2.34. The normalized spacial score (nSPS) is 18.9. The van der Waals surface area contributed by atoms with Gasteiger partial charge < -0.3 is 14.5 Å². The Bertz CT molecular complexity index is 1150. The van der Waals surface area contributed by atoms with Gasteiger partial charge in [0.2, 0.25) is 0 Å². The number of benzene rings is 1. The van der Waals surface area contributed by atoms with Gasteiger partial charge >= 0.3 is 0 Å². The Morgan fingerprint density at radius 1 is 1.23 bits per heavy atom. The van der Waals surface area contributed by atoms with Gasteiger partial charge in [0.1, 0.15) is 5.75 Å². The number of fused-ring (bicyclic) bond motifs is 2. The molecule has 30 heavy (non-hydrogen) atoms. The quantitative estimate of drug-likeness (QED) is 0.647. The van der Waals surface area contributed by atoms with Crippen molar-refractivity contribution in [1.82, 2.24) is 14.3 Å². The van der Waals surface area contributed by atoms with E-state index in [1.807, 2.05) is 41.5 Å². The summed E-state index contributed by atoms with van der Waals surface area (Å²) in [4.78, 5) is 35.1. The fourth-order valence-corrected chi connectivity index (χ4v) is 5.17. The van der Waals surface area contributed by atoms with Crippen molar-refractivity contribution in [3.8, 4) is 5.75 Å². The van der Waals surface area contributed by atoms with Gasteiger partial charge in [0.05, 0.1) is 24.5 Å². The monoisotopic (exact) mass is 424 g/mol. The zero-order valence-electron chi connectivity index (χ0n) is 16.9. The molecule has 8 heteroatoms. The second kappa shape index (κ2) is 7.75. The molecule has 3 aromatic rings. The number of nitrogens with zero attached hydrogens (tertiary/aromatic N) is 4. The summed E-state index contributed by atoms with van der Waals surface area (Å²) in [6, 6.07) is 9.34. The summed E-state index contributed by atoms with van der Waals surface area (Å²) >= 11 is 1.46. The second-order valence-electron chi connectivity index (χ2n) is 7.92. The molecule has 0 aliphatic carbocycles. The molecule has 1 fully saturated rings. The second-order valence-corrected chi connectivity index (χ2v) is 8.76. The molecule has 2 aliphatic rings. The Morgan fingerprint density at radius 2 is 2.03 bits per heavy atom. The molecule has 0 bridgehead atoms. The maximum atomic E-state index is 13.1. The molecule has 0 N–H and O–H groups in total. The molecule has 5 rings (SSSR count). The molecule has 1 amide bonds. The van der Waals surface area contributed by atoms with Crippen LogP contribution in [0.5, 0.6) is 5.75 Å². The van der Waals surface area contributed by atoms with Crippen LogP contribution in [0.3, 0.4) is 0 Å². The van der Waals surface area contributed by atoms with E-state index >= 15 is 0 Å². The molecule has 1 aromatic carbocycles. The van der Waals surface area contributed by atoms with Crippen LogP contribution in [0.4, 0.5) is 5.69 Å². The van der Waals surface area contributed by atoms with Crippen LogP contribution in [-0.4, -0.2) is 45.9 Å². The number of anilines is 1. The first-order chi connectivity index (χ1) is 14.6. The van der Waals surface area contributed by atoms with Crippen LogP contribution in [0, 0.1) is 6.92 Å². The molecule has 1 atom stereocenters. The van der Waals surface area contributed by atoms with Crippen LogP contribution in [0.15, 0.2) is 40.5 Å². The lowest BCUT2D eigenvalue weighted by Gasteiger charge is -2.38. The van der Waals surface area contributed by atoms with Gasteiger partial charge in [0, 0.05) is 30.2 Å². The van der Waals surface area contributed by atoms with E-state index in [0.29, 0.717) is 29.5 Å². The predicted molar refractivity (Wildman–Crippen MR) is 116 cm³/mol. The number of thiazole rings is 1. The summed E-state index contributed by atoms with van der Waals surface area (Å²) in [5, 5.41) is 1.94. The first-order valence-electron chi connectivity index (χ1n) is 10.4. The van der Waals surface area contributed by atoms with E-state index in [9.17, 15) is 9.59 Å². The Balaban J connectivity index is 1.44. The zero-order chi connectivity index (χ0) is 20.7. The van der Waals surface area contributed by atoms with Crippen LogP contribution in [0.1, 0.15) is 30.7 Å². The lowest BCUT2D eigenvalue weighted by atomic mass is 10.1. The number of likely N-dealkylation sites (tertiary alicyclic amines) is 1. The lowest BCUT2D eigenvalue weighted by Crippen LogP contribution is -2.51. The van der Waals surface area contributed by atoms with Crippen LogP contribution >= 0.6 is 11.3 Å². The summed E-state index contributed by atoms with van der Waals surface area (Å²) in [5.74, 6) is 0.746. The number of hydrogen-bond donors (Lipinski definition) is 0. The summed E-state index contributed by atoms with van der Waals surface area (Å²) in [6.07, 6.45) is 2.72. The number of rotatable bonds is 3. The molecular weight excluding hydrogens is 400 g/mol. The van der Waals surface area contributed by atoms with Crippen molar-refractivity contribution in [3.05, 3.63) is 57.5 Å². The maximum Gasteiger partial charge on any atom is 0.265 e. The molecule has 156 valence electrons. The number of hydrogen-bond acceptors (Lipinski definition) is 6. The fraction of sp³-hybridized carbons (Fsp3) is 0.409. The van der Waals surface area contributed by atoms with E-state index in [-0.39, 0.29) is 11.5 Å². The van der Waals surface area contributed by atoms with E-state index in [1.165, 1.54) is 17.8 Å². The summed E-state index contributed by atoms with van der Waals surface area (Å²) in [5.41, 5.74) is 2.44. The number of piperidine rings is 1. The number of aromatic nitrogens is 2. The average molecular weight is 425 g/mol. The van der Waals surface area contributed by atoms with Crippen molar-refractivity contribution in [1.29, 1.82) is 0 Å². The van der Waals surface area contributed by atoms with Crippen LogP contribution in [0.2, 0.25) is 0 Å². The Morgan fingerprint density at radius 3 is 2.87 bits per heavy atom. The summed E-state index contributed by atoms with van der Waals surface area (Å²) in [6.45, 7) is 4.39. The highest BCUT2D eigenvalue weighted by molar-refractivity contribution is 7.15. The van der Waals surface area contributed by atoms with Gasteiger partial charge in [-0.1, -0.05) is 12.1 Å². The third-order valence-corrected chi connectivity index (χ3v) is 6.73. The molecular formula is C22H24N4O3S. The highest BCUT2D eigenvalue weighted by Crippen LogP contribution is 2.34. The molecule has 1 unspecified atom stereocenters. The van der Waals surface area contributed by atoms with Crippen molar-refractivity contribution in [3.63, 3.8) is 0 Å². The Hall–Kier alpha value is -2.87. The third-order valence-electron chi connectivity index (χ3n) is 5.79. The van der Waals surface area contributed by atoms with Crippen LogP contribution in [0.25, 0.3) is 4.96 Å². The number of aryl methyl sites for hydroxylation is 1. The van der Waals surface area contributed by atoms with E-state index in [0.717, 1.165) is 37.3 Å². The first-order valence-corrected chi connectivity index (χ1v) is 11.2.